The first-order chi connectivity index (χ1) is 12.7. The number of nitrogens with zero attached hydrogens (tertiary/aromatic N) is 3. The molecule has 1 aliphatic rings. The summed E-state index contributed by atoms with van der Waals surface area (Å²) in [6, 6.07) is 11.9. The Hall–Kier alpha value is -2.47. The highest BCUT2D eigenvalue weighted by molar-refractivity contribution is 7.18. The van der Waals surface area contributed by atoms with Crippen LogP contribution >= 0.6 is 11.3 Å². The fourth-order valence-corrected chi connectivity index (χ4v) is 4.40. The molecular formula is C20H22N4OS. The Morgan fingerprint density at radius 1 is 1.31 bits per heavy atom. The number of carbonyl (C=O) groups excluding carboxylic acids is 1. The van der Waals surface area contributed by atoms with Crippen molar-refractivity contribution >= 4 is 39.0 Å². The van der Waals surface area contributed by atoms with Crippen molar-refractivity contribution in [3.63, 3.8) is 0 Å². The number of thiophene rings is 1. The van der Waals surface area contributed by atoms with Crippen LogP contribution in [0.5, 0.6) is 0 Å². The Balaban J connectivity index is 1.53. The molecule has 1 amide bonds. The van der Waals surface area contributed by atoms with Gasteiger partial charge in [-0.15, -0.1) is 11.3 Å². The molecule has 26 heavy (non-hydrogen) atoms. The maximum Gasteiger partial charge on any atom is 0.229 e. The molecule has 1 fully saturated rings. The number of nitrogens with one attached hydrogen (secondary N) is 1. The average molecular weight is 366 g/mol. The molecule has 0 spiro atoms. The Morgan fingerprint density at radius 2 is 2.15 bits per heavy atom. The number of rotatable bonds is 4. The lowest BCUT2D eigenvalue weighted by Crippen LogP contribution is -2.41. The summed E-state index contributed by atoms with van der Waals surface area (Å²) in [5.74, 6) is 1.02. The lowest BCUT2D eigenvalue weighted by Gasteiger charge is -2.33. The Bertz CT molecular complexity index is 909. The number of para-hydroxylation sites is 1. The number of hydrogen-bond donors (Lipinski definition) is 1. The smallest absolute Gasteiger partial charge is 0.229 e. The van der Waals surface area contributed by atoms with Gasteiger partial charge in [-0.1, -0.05) is 25.1 Å². The Morgan fingerprint density at radius 3 is 2.96 bits per heavy atom. The van der Waals surface area contributed by atoms with E-state index in [-0.39, 0.29) is 11.8 Å². The minimum absolute atomic E-state index is 0.0294. The van der Waals surface area contributed by atoms with Crippen LogP contribution in [0.25, 0.3) is 10.2 Å². The number of hydrogen-bond acceptors (Lipinski definition) is 5. The quantitative estimate of drug-likeness (QED) is 0.755. The van der Waals surface area contributed by atoms with Gasteiger partial charge in [0.25, 0.3) is 0 Å². The lowest BCUT2D eigenvalue weighted by atomic mass is 9.97. The van der Waals surface area contributed by atoms with E-state index >= 15 is 0 Å². The van der Waals surface area contributed by atoms with Crippen molar-refractivity contribution in [3.8, 4) is 0 Å². The summed E-state index contributed by atoms with van der Waals surface area (Å²) in [5.41, 5.74) is 0.851. The zero-order chi connectivity index (χ0) is 17.9. The number of amides is 1. The largest absolute Gasteiger partial charge is 0.355 e. The summed E-state index contributed by atoms with van der Waals surface area (Å²) >= 11 is 1.73. The molecule has 1 N–H and O–H groups in total. The van der Waals surface area contributed by atoms with Crippen LogP contribution in [0.2, 0.25) is 0 Å². The summed E-state index contributed by atoms with van der Waals surface area (Å²) < 4.78 is 0. The molecule has 0 saturated carbocycles. The molecule has 5 nitrogen and oxygen atoms in total. The summed E-state index contributed by atoms with van der Waals surface area (Å²) in [7, 11) is 0. The number of anilines is 2. The lowest BCUT2D eigenvalue weighted by molar-refractivity contribution is -0.120. The fraction of sp³-hybridized carbons (Fsp3) is 0.350. The van der Waals surface area contributed by atoms with E-state index in [2.05, 4.69) is 33.2 Å². The molecule has 1 saturated heterocycles. The summed E-state index contributed by atoms with van der Waals surface area (Å²) in [5, 5.41) is 4.15. The number of aromatic nitrogens is 2. The van der Waals surface area contributed by atoms with Crippen molar-refractivity contribution in [2.24, 2.45) is 5.92 Å². The minimum atomic E-state index is -0.0294. The predicted octanol–water partition coefficient (Wildman–Crippen LogP) is 4.11. The van der Waals surface area contributed by atoms with E-state index in [1.165, 1.54) is 4.88 Å². The highest BCUT2D eigenvalue weighted by Crippen LogP contribution is 2.32. The molecule has 1 aromatic carbocycles. The molecule has 3 heterocycles. The van der Waals surface area contributed by atoms with Crippen LogP contribution in [0.3, 0.4) is 0 Å². The maximum absolute atomic E-state index is 12.7. The van der Waals surface area contributed by atoms with E-state index in [1.807, 2.05) is 30.3 Å². The zero-order valence-electron chi connectivity index (χ0n) is 14.8. The van der Waals surface area contributed by atoms with E-state index in [1.54, 1.807) is 17.7 Å². The number of carbonyl (C=O) groups is 1. The van der Waals surface area contributed by atoms with Crippen LogP contribution < -0.4 is 10.2 Å². The van der Waals surface area contributed by atoms with Crippen LogP contribution in [0.4, 0.5) is 11.5 Å². The van der Waals surface area contributed by atoms with Gasteiger partial charge in [-0.2, -0.15) is 0 Å². The summed E-state index contributed by atoms with van der Waals surface area (Å²) in [4.78, 5) is 26.2. The van der Waals surface area contributed by atoms with Gasteiger partial charge in [0.1, 0.15) is 17.0 Å². The molecule has 0 radical (unpaired) electrons. The van der Waals surface area contributed by atoms with E-state index in [0.717, 1.165) is 47.5 Å². The summed E-state index contributed by atoms with van der Waals surface area (Å²) in [6.07, 6.45) is 4.54. The second-order valence-corrected chi connectivity index (χ2v) is 7.74. The molecule has 0 bridgehead atoms. The van der Waals surface area contributed by atoms with Crippen molar-refractivity contribution < 1.29 is 4.79 Å². The number of aryl methyl sites for hydroxylation is 1. The normalized spacial score (nSPS) is 17.4. The van der Waals surface area contributed by atoms with Gasteiger partial charge in [-0.25, -0.2) is 9.97 Å². The van der Waals surface area contributed by atoms with Gasteiger partial charge in [-0.3, -0.25) is 4.79 Å². The molecule has 6 heteroatoms. The number of benzene rings is 1. The standard InChI is InChI=1S/C20H22N4OS/c1-2-16-11-17-18(21-13-22-20(17)26-16)24-10-6-7-14(12-24)19(25)23-15-8-4-3-5-9-15/h3-5,8-9,11,13-14H,2,6-7,10,12H2,1H3,(H,23,25). The first-order valence-corrected chi connectivity index (χ1v) is 9.90. The SMILES string of the molecule is CCc1cc2c(N3CCCC(C(=O)Nc4ccccc4)C3)ncnc2s1. The minimum Gasteiger partial charge on any atom is -0.355 e. The van der Waals surface area contributed by atoms with E-state index < -0.39 is 0 Å². The van der Waals surface area contributed by atoms with Crippen LogP contribution in [-0.2, 0) is 11.2 Å². The van der Waals surface area contributed by atoms with Gasteiger partial charge in [0.15, 0.2) is 0 Å². The van der Waals surface area contributed by atoms with E-state index in [9.17, 15) is 4.79 Å². The van der Waals surface area contributed by atoms with Gasteiger partial charge >= 0.3 is 0 Å². The van der Waals surface area contributed by atoms with E-state index in [4.69, 9.17) is 0 Å². The van der Waals surface area contributed by atoms with Gasteiger partial charge in [0.05, 0.1) is 11.3 Å². The summed E-state index contributed by atoms with van der Waals surface area (Å²) in [6.45, 7) is 3.78. The topological polar surface area (TPSA) is 58.1 Å². The first kappa shape index (κ1) is 17.0. The third kappa shape index (κ3) is 3.42. The van der Waals surface area contributed by atoms with Gasteiger partial charge in [0, 0.05) is 23.7 Å². The second kappa shape index (κ2) is 7.41. The van der Waals surface area contributed by atoms with Crippen LogP contribution in [0.1, 0.15) is 24.6 Å². The highest BCUT2D eigenvalue weighted by Gasteiger charge is 2.27. The fourth-order valence-electron chi connectivity index (χ4n) is 3.47. The van der Waals surface area contributed by atoms with Crippen LogP contribution in [0, 0.1) is 5.92 Å². The number of fused-ring (bicyclic) bond motifs is 1. The van der Waals surface area contributed by atoms with Crippen molar-refractivity contribution in [2.75, 3.05) is 23.3 Å². The highest BCUT2D eigenvalue weighted by atomic mass is 32.1. The molecule has 0 aliphatic carbocycles. The Kier molecular flexibility index (Phi) is 4.84. The van der Waals surface area contributed by atoms with E-state index in [0.29, 0.717) is 6.54 Å². The third-order valence-corrected chi connectivity index (χ3v) is 6.03. The molecule has 1 aliphatic heterocycles. The van der Waals surface area contributed by atoms with Crippen molar-refractivity contribution in [3.05, 3.63) is 47.6 Å². The Labute approximate surface area is 157 Å². The predicted molar refractivity (Wildman–Crippen MR) is 107 cm³/mol. The van der Waals surface area contributed by atoms with Crippen molar-refractivity contribution in [1.82, 2.24) is 9.97 Å². The molecule has 4 rings (SSSR count). The first-order valence-electron chi connectivity index (χ1n) is 9.09. The number of piperidine rings is 1. The zero-order valence-corrected chi connectivity index (χ0v) is 15.6. The molecule has 134 valence electrons. The monoisotopic (exact) mass is 366 g/mol. The van der Waals surface area contributed by atoms with Gasteiger partial charge in [0.2, 0.25) is 5.91 Å². The average Bonchev–Trinajstić information content (AvgIpc) is 3.12. The maximum atomic E-state index is 12.7. The third-order valence-electron chi connectivity index (χ3n) is 4.84. The molecule has 1 atom stereocenters. The molecule has 2 aromatic heterocycles. The van der Waals surface area contributed by atoms with Crippen LogP contribution in [-0.4, -0.2) is 29.0 Å². The van der Waals surface area contributed by atoms with Gasteiger partial charge in [-0.05, 0) is 37.5 Å². The molecule has 1 unspecified atom stereocenters. The second-order valence-electron chi connectivity index (χ2n) is 6.62. The molecule has 3 aromatic rings. The van der Waals surface area contributed by atoms with Crippen molar-refractivity contribution in [2.45, 2.75) is 26.2 Å². The van der Waals surface area contributed by atoms with Crippen molar-refractivity contribution in [1.29, 1.82) is 0 Å². The van der Waals surface area contributed by atoms with Gasteiger partial charge < -0.3 is 10.2 Å². The van der Waals surface area contributed by atoms with Crippen LogP contribution in [0.15, 0.2) is 42.7 Å². The molecular weight excluding hydrogens is 344 g/mol.